The molecule has 0 unspecified atom stereocenters. The number of fused-ring (bicyclic) bond motifs is 1. The van der Waals surface area contributed by atoms with E-state index in [1.165, 1.54) is 0 Å². The van der Waals surface area contributed by atoms with E-state index in [1.54, 1.807) is 36.4 Å². The molecule has 1 heterocycles. The van der Waals surface area contributed by atoms with E-state index < -0.39 is 0 Å². The number of oxazole rings is 1. The molecule has 0 atom stereocenters. The summed E-state index contributed by atoms with van der Waals surface area (Å²) in [6.45, 7) is 0. The fourth-order valence-corrected chi connectivity index (χ4v) is 1.79. The molecule has 0 saturated heterocycles. The molecule has 84 valence electrons. The van der Waals surface area contributed by atoms with Crippen molar-refractivity contribution in [3.8, 4) is 17.2 Å². The minimum atomic E-state index is 0.216. The molecule has 0 spiro atoms. The molecule has 0 aliphatic carbocycles. The lowest BCUT2D eigenvalue weighted by molar-refractivity contribution is 0.475. The number of phenolic OH excluding ortho intramolecular Hbond substituents is 1. The van der Waals surface area contributed by atoms with Crippen molar-refractivity contribution in [3.05, 3.63) is 47.5 Å². The van der Waals surface area contributed by atoms with Crippen molar-refractivity contribution in [1.82, 2.24) is 4.98 Å². The number of hydrogen-bond donors (Lipinski definition) is 1. The van der Waals surface area contributed by atoms with Crippen molar-refractivity contribution in [3.63, 3.8) is 0 Å². The Balaban J connectivity index is 2.14. The van der Waals surface area contributed by atoms with Crippen LogP contribution in [0.4, 0.5) is 0 Å². The monoisotopic (exact) mass is 245 g/mol. The Labute approximate surface area is 102 Å². The largest absolute Gasteiger partial charge is 0.508 e. The van der Waals surface area contributed by atoms with Gasteiger partial charge in [-0.05, 0) is 36.4 Å². The number of hydrogen-bond acceptors (Lipinski definition) is 3. The average Bonchev–Trinajstić information content (AvgIpc) is 2.72. The summed E-state index contributed by atoms with van der Waals surface area (Å²) in [4.78, 5) is 4.35. The highest BCUT2D eigenvalue weighted by atomic mass is 35.5. The van der Waals surface area contributed by atoms with Gasteiger partial charge in [-0.1, -0.05) is 11.6 Å². The summed E-state index contributed by atoms with van der Waals surface area (Å²) >= 11 is 5.87. The van der Waals surface area contributed by atoms with Crippen molar-refractivity contribution < 1.29 is 9.52 Å². The van der Waals surface area contributed by atoms with Gasteiger partial charge in [0.1, 0.15) is 11.3 Å². The van der Waals surface area contributed by atoms with Gasteiger partial charge < -0.3 is 9.52 Å². The summed E-state index contributed by atoms with van der Waals surface area (Å²) in [5.74, 6) is 0.732. The Bertz CT molecular complexity index is 673. The fraction of sp³-hybridized carbons (Fsp3) is 0. The predicted molar refractivity (Wildman–Crippen MR) is 66.1 cm³/mol. The third-order valence-corrected chi connectivity index (χ3v) is 2.70. The average molecular weight is 246 g/mol. The van der Waals surface area contributed by atoms with Gasteiger partial charge in [0, 0.05) is 16.7 Å². The molecule has 0 amide bonds. The van der Waals surface area contributed by atoms with Gasteiger partial charge in [-0.2, -0.15) is 0 Å². The smallest absolute Gasteiger partial charge is 0.227 e. The zero-order valence-corrected chi connectivity index (χ0v) is 9.48. The Morgan fingerprint density at radius 2 is 1.82 bits per heavy atom. The van der Waals surface area contributed by atoms with Crippen LogP contribution in [0, 0.1) is 0 Å². The predicted octanol–water partition coefficient (Wildman–Crippen LogP) is 3.85. The maximum atomic E-state index is 9.21. The number of phenols is 1. The van der Waals surface area contributed by atoms with Gasteiger partial charge in [0.2, 0.25) is 5.89 Å². The van der Waals surface area contributed by atoms with Crippen molar-refractivity contribution in [1.29, 1.82) is 0 Å². The second kappa shape index (κ2) is 3.79. The van der Waals surface area contributed by atoms with E-state index in [0.717, 1.165) is 11.1 Å². The van der Waals surface area contributed by atoms with Crippen molar-refractivity contribution >= 4 is 22.7 Å². The van der Waals surface area contributed by atoms with E-state index in [0.29, 0.717) is 16.5 Å². The topological polar surface area (TPSA) is 46.3 Å². The number of aromatic hydroxyl groups is 1. The first-order valence-electron chi connectivity index (χ1n) is 5.08. The third-order valence-electron chi connectivity index (χ3n) is 2.46. The van der Waals surface area contributed by atoms with Crippen molar-refractivity contribution in [2.75, 3.05) is 0 Å². The van der Waals surface area contributed by atoms with Crippen LogP contribution < -0.4 is 0 Å². The van der Waals surface area contributed by atoms with Crippen LogP contribution in [0.3, 0.4) is 0 Å². The molecule has 4 heteroatoms. The van der Waals surface area contributed by atoms with Crippen LogP contribution in [0.1, 0.15) is 0 Å². The Hall–Kier alpha value is -2.00. The van der Waals surface area contributed by atoms with Crippen molar-refractivity contribution in [2.24, 2.45) is 0 Å². The van der Waals surface area contributed by atoms with Crippen LogP contribution in [0.25, 0.3) is 22.6 Å². The molecule has 0 aliphatic rings. The molecule has 2 aromatic carbocycles. The standard InChI is InChI=1S/C13H8ClNO2/c14-9-3-6-11-12(7-9)17-13(15-11)8-1-4-10(16)5-2-8/h1-7,16H. The van der Waals surface area contributed by atoms with Gasteiger partial charge in [-0.25, -0.2) is 4.98 Å². The summed E-state index contributed by atoms with van der Waals surface area (Å²) in [6, 6.07) is 12.0. The van der Waals surface area contributed by atoms with Gasteiger partial charge in [0.15, 0.2) is 5.58 Å². The maximum Gasteiger partial charge on any atom is 0.227 e. The van der Waals surface area contributed by atoms with Gasteiger partial charge in [-0.3, -0.25) is 0 Å². The lowest BCUT2D eigenvalue weighted by atomic mass is 10.2. The molecule has 3 nitrogen and oxygen atoms in total. The van der Waals surface area contributed by atoms with Gasteiger partial charge in [0.05, 0.1) is 0 Å². The van der Waals surface area contributed by atoms with E-state index in [4.69, 9.17) is 16.0 Å². The first kappa shape index (κ1) is 10.2. The second-order valence-electron chi connectivity index (χ2n) is 3.68. The molecule has 3 aromatic rings. The quantitative estimate of drug-likeness (QED) is 0.708. The Morgan fingerprint density at radius 1 is 1.06 bits per heavy atom. The zero-order chi connectivity index (χ0) is 11.8. The molecular weight excluding hydrogens is 238 g/mol. The molecule has 0 bridgehead atoms. The molecule has 0 fully saturated rings. The van der Waals surface area contributed by atoms with Crippen LogP contribution in [0.5, 0.6) is 5.75 Å². The lowest BCUT2D eigenvalue weighted by Gasteiger charge is -1.94. The van der Waals surface area contributed by atoms with Gasteiger partial charge >= 0.3 is 0 Å². The molecule has 0 radical (unpaired) electrons. The minimum Gasteiger partial charge on any atom is -0.508 e. The van der Waals surface area contributed by atoms with E-state index >= 15 is 0 Å². The highest BCUT2D eigenvalue weighted by molar-refractivity contribution is 6.31. The highest BCUT2D eigenvalue weighted by Crippen LogP contribution is 2.27. The van der Waals surface area contributed by atoms with Crippen LogP contribution in [0.2, 0.25) is 5.02 Å². The van der Waals surface area contributed by atoms with E-state index in [9.17, 15) is 5.11 Å². The molecule has 0 aliphatic heterocycles. The normalized spacial score (nSPS) is 10.9. The summed E-state index contributed by atoms with van der Waals surface area (Å²) in [5, 5.41) is 9.83. The molecule has 17 heavy (non-hydrogen) atoms. The number of halogens is 1. The van der Waals surface area contributed by atoms with Crippen LogP contribution in [-0.4, -0.2) is 10.1 Å². The lowest BCUT2D eigenvalue weighted by Crippen LogP contribution is -1.75. The van der Waals surface area contributed by atoms with E-state index in [2.05, 4.69) is 4.98 Å². The number of aromatic nitrogens is 1. The Kier molecular flexibility index (Phi) is 2.27. The van der Waals surface area contributed by atoms with Crippen LogP contribution in [0.15, 0.2) is 46.9 Å². The minimum absolute atomic E-state index is 0.216. The second-order valence-corrected chi connectivity index (χ2v) is 4.11. The molecule has 0 saturated carbocycles. The molecule has 1 N–H and O–H groups in total. The maximum absolute atomic E-state index is 9.21. The van der Waals surface area contributed by atoms with Crippen molar-refractivity contribution in [2.45, 2.75) is 0 Å². The molecule has 3 rings (SSSR count). The van der Waals surface area contributed by atoms with E-state index in [1.807, 2.05) is 6.07 Å². The number of rotatable bonds is 1. The summed E-state index contributed by atoms with van der Waals surface area (Å²) in [7, 11) is 0. The van der Waals surface area contributed by atoms with Gasteiger partial charge in [0.25, 0.3) is 0 Å². The summed E-state index contributed by atoms with van der Waals surface area (Å²) in [5.41, 5.74) is 2.23. The van der Waals surface area contributed by atoms with E-state index in [-0.39, 0.29) is 5.75 Å². The third kappa shape index (κ3) is 1.85. The number of benzene rings is 2. The fourth-order valence-electron chi connectivity index (χ4n) is 1.63. The summed E-state index contributed by atoms with van der Waals surface area (Å²) in [6.07, 6.45) is 0. The molecular formula is C13H8ClNO2. The highest BCUT2D eigenvalue weighted by Gasteiger charge is 2.08. The first-order chi connectivity index (χ1) is 8.22. The first-order valence-corrected chi connectivity index (χ1v) is 5.46. The number of nitrogens with zero attached hydrogens (tertiary/aromatic N) is 1. The SMILES string of the molecule is Oc1ccc(-c2nc3ccc(Cl)cc3o2)cc1. The summed E-state index contributed by atoms with van der Waals surface area (Å²) < 4.78 is 5.60. The zero-order valence-electron chi connectivity index (χ0n) is 8.72. The Morgan fingerprint density at radius 3 is 2.59 bits per heavy atom. The van der Waals surface area contributed by atoms with Gasteiger partial charge in [-0.15, -0.1) is 0 Å². The molecule has 1 aromatic heterocycles. The van der Waals surface area contributed by atoms with Crippen LogP contribution in [-0.2, 0) is 0 Å². The van der Waals surface area contributed by atoms with Crippen LogP contribution >= 0.6 is 11.6 Å².